The molecule has 0 aliphatic rings. The molecule has 0 unspecified atom stereocenters. The second-order valence-electron chi connectivity index (χ2n) is 10.2. The molecule has 2 aromatic carbocycles. The number of nitrogens with one attached hydrogen (secondary N) is 1. The summed E-state index contributed by atoms with van der Waals surface area (Å²) in [5, 5.41) is 3.04. The zero-order valence-electron chi connectivity index (χ0n) is 23.1. The molecule has 3 rings (SSSR count). The number of hydrogen-bond acceptors (Lipinski definition) is 3. The zero-order valence-corrected chi connectivity index (χ0v) is 23.1. The van der Waals surface area contributed by atoms with Crippen LogP contribution in [0.2, 0.25) is 0 Å². The minimum atomic E-state index is -0.117. The largest absolute Gasteiger partial charge is 0.497 e. The smallest absolute Gasteiger partial charge is 0.251 e. The maximum atomic E-state index is 12.7. The number of carbonyl (C=O) groups excluding carboxylic acids is 1. The summed E-state index contributed by atoms with van der Waals surface area (Å²) in [6.45, 7) is 3.62. The highest BCUT2D eigenvalue weighted by Crippen LogP contribution is 2.19. The van der Waals surface area contributed by atoms with E-state index in [0.717, 1.165) is 29.8 Å². The second kappa shape index (κ2) is 16.8. The number of aromatic nitrogens is 2. The Morgan fingerprint density at radius 3 is 2.08 bits per heavy atom. The summed E-state index contributed by atoms with van der Waals surface area (Å²) in [7, 11) is 1.61. The Morgan fingerprint density at radius 1 is 0.811 bits per heavy atom. The third-order valence-corrected chi connectivity index (χ3v) is 7.21. The van der Waals surface area contributed by atoms with Crippen LogP contribution in [-0.2, 0) is 13.1 Å². The van der Waals surface area contributed by atoms with E-state index >= 15 is 0 Å². The lowest BCUT2D eigenvalue weighted by Crippen LogP contribution is -2.24. The van der Waals surface area contributed by atoms with Crippen molar-refractivity contribution in [3.63, 3.8) is 0 Å². The van der Waals surface area contributed by atoms with E-state index < -0.39 is 0 Å². The number of para-hydroxylation sites is 2. The molecule has 0 aliphatic heterocycles. The molecule has 0 radical (unpaired) electrons. The molecular weight excluding hydrogens is 458 g/mol. The summed E-state index contributed by atoms with van der Waals surface area (Å²) in [6.07, 6.45) is 19.0. The predicted octanol–water partition coefficient (Wildman–Crippen LogP) is 8.46. The molecule has 0 fully saturated rings. The van der Waals surface area contributed by atoms with Crippen LogP contribution in [0, 0.1) is 0 Å². The predicted molar refractivity (Wildman–Crippen MR) is 154 cm³/mol. The highest BCUT2D eigenvalue weighted by atomic mass is 16.5. The third-order valence-electron chi connectivity index (χ3n) is 7.21. The van der Waals surface area contributed by atoms with Crippen LogP contribution in [-0.4, -0.2) is 22.6 Å². The van der Waals surface area contributed by atoms with Gasteiger partial charge in [0.15, 0.2) is 0 Å². The van der Waals surface area contributed by atoms with Crippen LogP contribution in [0.5, 0.6) is 5.75 Å². The van der Waals surface area contributed by atoms with E-state index in [1.165, 1.54) is 83.5 Å². The van der Waals surface area contributed by atoms with Gasteiger partial charge in [0.25, 0.3) is 5.91 Å². The minimum Gasteiger partial charge on any atom is -0.497 e. The first kappa shape index (κ1) is 28.7. The van der Waals surface area contributed by atoms with Gasteiger partial charge >= 0.3 is 0 Å². The molecule has 1 N–H and O–H groups in total. The van der Waals surface area contributed by atoms with Gasteiger partial charge in [-0.05, 0) is 36.8 Å². The number of aryl methyl sites for hydroxylation is 1. The lowest BCUT2D eigenvalue weighted by Gasteiger charge is -2.11. The number of fused-ring (bicyclic) bond motifs is 1. The zero-order chi connectivity index (χ0) is 26.1. The van der Waals surface area contributed by atoms with Gasteiger partial charge < -0.3 is 14.6 Å². The van der Waals surface area contributed by atoms with Gasteiger partial charge in [0.05, 0.1) is 24.7 Å². The Kier molecular flexibility index (Phi) is 13.1. The van der Waals surface area contributed by atoms with Gasteiger partial charge in [0.2, 0.25) is 0 Å². The van der Waals surface area contributed by atoms with Crippen LogP contribution in [0.3, 0.4) is 0 Å². The number of methoxy groups -OCH3 is 1. The first-order chi connectivity index (χ1) is 18.2. The molecule has 37 heavy (non-hydrogen) atoms. The molecule has 3 aromatic rings. The fourth-order valence-corrected chi connectivity index (χ4v) is 5.00. The average Bonchev–Trinajstić information content (AvgIpc) is 3.29. The van der Waals surface area contributed by atoms with Crippen molar-refractivity contribution in [2.45, 2.75) is 110 Å². The van der Waals surface area contributed by atoms with Crippen LogP contribution in [0.15, 0.2) is 48.5 Å². The molecule has 1 amide bonds. The van der Waals surface area contributed by atoms with E-state index in [1.807, 2.05) is 24.3 Å². The number of imidazole rings is 1. The van der Waals surface area contributed by atoms with Crippen LogP contribution < -0.4 is 10.1 Å². The Morgan fingerprint density at radius 2 is 1.43 bits per heavy atom. The Labute approximate surface area is 224 Å². The molecule has 0 spiro atoms. The maximum absolute atomic E-state index is 12.7. The molecular formula is C32H47N3O2. The summed E-state index contributed by atoms with van der Waals surface area (Å²) < 4.78 is 7.53. The van der Waals surface area contributed by atoms with Crippen molar-refractivity contribution in [1.29, 1.82) is 0 Å². The van der Waals surface area contributed by atoms with Gasteiger partial charge in [0.1, 0.15) is 11.6 Å². The lowest BCUT2D eigenvalue weighted by atomic mass is 10.0. The van der Waals surface area contributed by atoms with Gasteiger partial charge in [-0.3, -0.25) is 4.79 Å². The van der Waals surface area contributed by atoms with Crippen molar-refractivity contribution >= 4 is 16.9 Å². The van der Waals surface area contributed by atoms with E-state index in [-0.39, 0.29) is 5.91 Å². The van der Waals surface area contributed by atoms with Crippen molar-refractivity contribution in [2.24, 2.45) is 0 Å². The molecule has 5 nitrogen and oxygen atoms in total. The van der Waals surface area contributed by atoms with Crippen molar-refractivity contribution in [3.05, 3.63) is 59.9 Å². The fourth-order valence-electron chi connectivity index (χ4n) is 5.00. The Bertz CT molecular complexity index is 1060. The van der Waals surface area contributed by atoms with E-state index in [2.05, 4.69) is 28.9 Å². The quantitative estimate of drug-likeness (QED) is 0.166. The summed E-state index contributed by atoms with van der Waals surface area (Å²) in [5.41, 5.74) is 2.72. The highest BCUT2D eigenvalue weighted by Gasteiger charge is 2.13. The van der Waals surface area contributed by atoms with Crippen molar-refractivity contribution in [3.8, 4) is 5.75 Å². The number of ether oxygens (including phenoxy) is 1. The van der Waals surface area contributed by atoms with Crippen LogP contribution in [0.25, 0.3) is 11.0 Å². The van der Waals surface area contributed by atoms with Gasteiger partial charge in [-0.15, -0.1) is 0 Å². The monoisotopic (exact) mass is 505 g/mol. The van der Waals surface area contributed by atoms with Gasteiger partial charge in [-0.2, -0.15) is 0 Å². The van der Waals surface area contributed by atoms with E-state index in [9.17, 15) is 4.79 Å². The first-order valence-corrected chi connectivity index (χ1v) is 14.6. The number of nitrogens with zero attached hydrogens (tertiary/aromatic N) is 2. The SMILES string of the molecule is CCCCCCCCCCCCCCCCn1c(CNC(=O)c2cccc(OC)c2)nc2ccccc21. The van der Waals surface area contributed by atoms with E-state index in [1.54, 1.807) is 19.2 Å². The average molecular weight is 506 g/mol. The lowest BCUT2D eigenvalue weighted by molar-refractivity contribution is 0.0949. The molecule has 1 heterocycles. The van der Waals surface area contributed by atoms with E-state index in [0.29, 0.717) is 17.9 Å². The minimum absolute atomic E-state index is 0.117. The topological polar surface area (TPSA) is 56.2 Å². The summed E-state index contributed by atoms with van der Waals surface area (Å²) in [6, 6.07) is 15.5. The molecule has 0 aliphatic carbocycles. The van der Waals surface area contributed by atoms with Gasteiger partial charge in [-0.1, -0.05) is 109 Å². The van der Waals surface area contributed by atoms with Crippen molar-refractivity contribution in [2.75, 3.05) is 7.11 Å². The summed E-state index contributed by atoms with van der Waals surface area (Å²) in [5.74, 6) is 1.47. The number of unbranched alkanes of at least 4 members (excludes halogenated alkanes) is 13. The highest BCUT2D eigenvalue weighted by molar-refractivity contribution is 5.94. The number of carbonyl (C=O) groups is 1. The summed E-state index contributed by atoms with van der Waals surface area (Å²) >= 11 is 0. The first-order valence-electron chi connectivity index (χ1n) is 14.6. The Balaban J connectivity index is 1.37. The van der Waals surface area contributed by atoms with Crippen molar-refractivity contribution in [1.82, 2.24) is 14.9 Å². The standard InChI is InChI=1S/C32H47N3O2/c1-3-4-5-6-7-8-9-10-11-12-13-14-15-18-24-35-30-23-17-16-22-29(30)34-31(35)26-33-32(36)27-20-19-21-28(25-27)37-2/h16-17,19-23,25H,3-15,18,24,26H2,1-2H3,(H,33,36). The van der Waals surface area contributed by atoms with Crippen LogP contribution in [0.1, 0.15) is 113 Å². The molecule has 202 valence electrons. The normalized spacial score (nSPS) is 11.2. The van der Waals surface area contributed by atoms with Crippen LogP contribution in [0.4, 0.5) is 0 Å². The van der Waals surface area contributed by atoms with Crippen molar-refractivity contribution < 1.29 is 9.53 Å². The number of rotatable bonds is 19. The van der Waals surface area contributed by atoms with Crippen LogP contribution >= 0.6 is 0 Å². The number of benzene rings is 2. The number of hydrogen-bond donors (Lipinski definition) is 1. The maximum Gasteiger partial charge on any atom is 0.251 e. The molecule has 0 atom stereocenters. The Hall–Kier alpha value is -2.82. The second-order valence-corrected chi connectivity index (χ2v) is 10.2. The third kappa shape index (κ3) is 9.87. The molecule has 0 saturated carbocycles. The van der Waals surface area contributed by atoms with Gasteiger partial charge in [-0.25, -0.2) is 4.98 Å². The molecule has 1 aromatic heterocycles. The fraction of sp³-hybridized carbons (Fsp3) is 0.562. The van der Waals surface area contributed by atoms with Gasteiger partial charge in [0, 0.05) is 12.1 Å². The molecule has 0 saturated heterocycles. The molecule has 0 bridgehead atoms. The summed E-state index contributed by atoms with van der Waals surface area (Å²) in [4.78, 5) is 17.5. The molecule has 5 heteroatoms. The van der Waals surface area contributed by atoms with E-state index in [4.69, 9.17) is 9.72 Å². The number of amides is 1.